The number of halogens is 1. The monoisotopic (exact) mass is 292 g/mol. The molecule has 1 aliphatic rings. The van der Waals surface area contributed by atoms with Gasteiger partial charge in [0.25, 0.3) is 0 Å². The lowest BCUT2D eigenvalue weighted by Gasteiger charge is -2.36. The molecule has 1 aromatic rings. The van der Waals surface area contributed by atoms with Gasteiger partial charge in [-0.25, -0.2) is 4.39 Å². The Bertz CT molecular complexity index is 447. The fourth-order valence-electron chi connectivity index (χ4n) is 3.23. The van der Waals surface area contributed by atoms with Gasteiger partial charge < -0.3 is 5.32 Å². The Balaban J connectivity index is 1.93. The first-order valence-electron chi connectivity index (χ1n) is 8.31. The molecule has 1 heterocycles. The standard InChI is InChI=1S/C18H29FN2/c1-4-9-20-15(3)16-6-5-10-21(12-16)13-17-11-18(19)8-7-14(17)2/h7-8,11,15-16,20H,4-6,9-10,12-13H2,1-3H3. The number of nitrogens with zero attached hydrogens (tertiary/aromatic N) is 1. The third kappa shape index (κ3) is 4.79. The average Bonchev–Trinajstić information content (AvgIpc) is 2.49. The number of nitrogens with one attached hydrogen (secondary N) is 1. The van der Waals surface area contributed by atoms with Crippen molar-refractivity contribution in [1.29, 1.82) is 0 Å². The Kier molecular flexibility index (Phi) is 6.19. The Hall–Kier alpha value is -0.930. The molecule has 0 radical (unpaired) electrons. The van der Waals surface area contributed by atoms with Gasteiger partial charge in [0.1, 0.15) is 5.82 Å². The minimum absolute atomic E-state index is 0.123. The highest BCUT2D eigenvalue weighted by atomic mass is 19.1. The normalized spacial score (nSPS) is 21.4. The highest BCUT2D eigenvalue weighted by Crippen LogP contribution is 2.22. The molecular formula is C18H29FN2. The lowest BCUT2D eigenvalue weighted by atomic mass is 9.91. The van der Waals surface area contributed by atoms with Crippen LogP contribution in [0.4, 0.5) is 4.39 Å². The summed E-state index contributed by atoms with van der Waals surface area (Å²) in [5, 5.41) is 3.62. The molecule has 2 atom stereocenters. The summed E-state index contributed by atoms with van der Waals surface area (Å²) >= 11 is 0. The summed E-state index contributed by atoms with van der Waals surface area (Å²) in [4.78, 5) is 2.49. The maximum absolute atomic E-state index is 13.4. The second-order valence-electron chi connectivity index (χ2n) is 6.45. The highest BCUT2D eigenvalue weighted by molar-refractivity contribution is 5.26. The highest BCUT2D eigenvalue weighted by Gasteiger charge is 2.24. The molecule has 1 aliphatic heterocycles. The van der Waals surface area contributed by atoms with Gasteiger partial charge in [0.15, 0.2) is 0 Å². The Labute approximate surface area is 128 Å². The number of rotatable bonds is 6. The van der Waals surface area contributed by atoms with Gasteiger partial charge in [0.2, 0.25) is 0 Å². The molecule has 0 spiro atoms. The number of hydrogen-bond acceptors (Lipinski definition) is 2. The predicted molar refractivity (Wildman–Crippen MR) is 86.9 cm³/mol. The molecule has 1 N–H and O–H groups in total. The van der Waals surface area contributed by atoms with Crippen molar-refractivity contribution in [2.45, 2.75) is 52.6 Å². The molecular weight excluding hydrogens is 263 g/mol. The summed E-state index contributed by atoms with van der Waals surface area (Å²) in [7, 11) is 0. The van der Waals surface area contributed by atoms with Gasteiger partial charge in [-0.3, -0.25) is 4.90 Å². The van der Waals surface area contributed by atoms with Crippen molar-refractivity contribution < 1.29 is 4.39 Å². The van der Waals surface area contributed by atoms with Crippen molar-refractivity contribution in [3.63, 3.8) is 0 Å². The summed E-state index contributed by atoms with van der Waals surface area (Å²) in [5.41, 5.74) is 2.32. The summed E-state index contributed by atoms with van der Waals surface area (Å²) in [5.74, 6) is 0.585. The third-order valence-corrected chi connectivity index (χ3v) is 4.67. The minimum atomic E-state index is -0.123. The van der Waals surface area contributed by atoms with Gasteiger partial charge in [-0.2, -0.15) is 0 Å². The zero-order valence-electron chi connectivity index (χ0n) is 13.7. The maximum Gasteiger partial charge on any atom is 0.123 e. The van der Waals surface area contributed by atoms with Crippen molar-refractivity contribution in [1.82, 2.24) is 10.2 Å². The molecule has 2 unspecified atom stereocenters. The van der Waals surface area contributed by atoms with Crippen LogP contribution in [0.3, 0.4) is 0 Å². The molecule has 1 fully saturated rings. The first-order chi connectivity index (χ1) is 10.1. The van der Waals surface area contributed by atoms with Crippen LogP contribution in [0.1, 0.15) is 44.2 Å². The van der Waals surface area contributed by atoms with Crippen LogP contribution < -0.4 is 5.32 Å². The quantitative estimate of drug-likeness (QED) is 0.859. The molecule has 118 valence electrons. The van der Waals surface area contributed by atoms with Crippen molar-refractivity contribution >= 4 is 0 Å². The van der Waals surface area contributed by atoms with E-state index in [-0.39, 0.29) is 5.82 Å². The van der Waals surface area contributed by atoms with E-state index >= 15 is 0 Å². The molecule has 3 heteroatoms. The first-order valence-corrected chi connectivity index (χ1v) is 8.31. The number of benzene rings is 1. The predicted octanol–water partition coefficient (Wildman–Crippen LogP) is 3.73. The Morgan fingerprint density at radius 2 is 2.24 bits per heavy atom. The van der Waals surface area contributed by atoms with Crippen LogP contribution in [-0.2, 0) is 6.54 Å². The minimum Gasteiger partial charge on any atom is -0.314 e. The molecule has 0 amide bonds. The van der Waals surface area contributed by atoms with E-state index in [1.54, 1.807) is 12.1 Å². The zero-order chi connectivity index (χ0) is 15.2. The lowest BCUT2D eigenvalue weighted by Crippen LogP contribution is -2.44. The zero-order valence-corrected chi connectivity index (χ0v) is 13.7. The largest absolute Gasteiger partial charge is 0.314 e. The summed E-state index contributed by atoms with van der Waals surface area (Å²) in [6.07, 6.45) is 3.73. The lowest BCUT2D eigenvalue weighted by molar-refractivity contribution is 0.144. The second kappa shape index (κ2) is 7.90. The number of piperidine rings is 1. The van der Waals surface area contributed by atoms with Gasteiger partial charge in [-0.15, -0.1) is 0 Å². The van der Waals surface area contributed by atoms with Crippen molar-refractivity contribution in [3.8, 4) is 0 Å². The van der Waals surface area contributed by atoms with Crippen molar-refractivity contribution in [2.24, 2.45) is 5.92 Å². The van der Waals surface area contributed by atoms with Crippen LogP contribution in [0, 0.1) is 18.7 Å². The van der Waals surface area contributed by atoms with Crippen LogP contribution >= 0.6 is 0 Å². The summed E-state index contributed by atoms with van der Waals surface area (Å²) < 4.78 is 13.4. The van der Waals surface area contributed by atoms with E-state index in [0.717, 1.165) is 31.7 Å². The topological polar surface area (TPSA) is 15.3 Å². The van der Waals surface area contributed by atoms with Gasteiger partial charge in [-0.1, -0.05) is 13.0 Å². The number of likely N-dealkylation sites (tertiary alicyclic amines) is 1. The van der Waals surface area contributed by atoms with Gasteiger partial charge in [-0.05, 0) is 75.4 Å². The van der Waals surface area contributed by atoms with E-state index in [1.807, 2.05) is 6.07 Å². The molecule has 0 aliphatic carbocycles. The van der Waals surface area contributed by atoms with E-state index in [1.165, 1.54) is 24.8 Å². The van der Waals surface area contributed by atoms with Gasteiger partial charge >= 0.3 is 0 Å². The molecule has 1 aromatic carbocycles. The van der Waals surface area contributed by atoms with E-state index in [9.17, 15) is 4.39 Å². The molecule has 1 saturated heterocycles. The van der Waals surface area contributed by atoms with Crippen molar-refractivity contribution in [2.75, 3.05) is 19.6 Å². The third-order valence-electron chi connectivity index (χ3n) is 4.67. The molecule has 2 nitrogen and oxygen atoms in total. The smallest absolute Gasteiger partial charge is 0.123 e. The van der Waals surface area contributed by atoms with Crippen LogP contribution in [0.25, 0.3) is 0 Å². The number of aryl methyl sites for hydroxylation is 1. The summed E-state index contributed by atoms with van der Waals surface area (Å²) in [6, 6.07) is 5.70. The fourth-order valence-corrected chi connectivity index (χ4v) is 3.23. The molecule has 0 bridgehead atoms. The Morgan fingerprint density at radius 3 is 3.00 bits per heavy atom. The maximum atomic E-state index is 13.4. The molecule has 21 heavy (non-hydrogen) atoms. The van der Waals surface area contributed by atoms with Crippen molar-refractivity contribution in [3.05, 3.63) is 35.1 Å². The van der Waals surface area contributed by atoms with E-state index in [4.69, 9.17) is 0 Å². The van der Waals surface area contributed by atoms with Crippen LogP contribution in [0.15, 0.2) is 18.2 Å². The van der Waals surface area contributed by atoms with E-state index in [2.05, 4.69) is 31.0 Å². The second-order valence-corrected chi connectivity index (χ2v) is 6.45. The molecule has 0 saturated carbocycles. The summed E-state index contributed by atoms with van der Waals surface area (Å²) in [6.45, 7) is 10.8. The van der Waals surface area contributed by atoms with Gasteiger partial charge in [0.05, 0.1) is 0 Å². The van der Waals surface area contributed by atoms with E-state index in [0.29, 0.717) is 12.0 Å². The molecule has 2 rings (SSSR count). The molecule has 0 aromatic heterocycles. The van der Waals surface area contributed by atoms with Crippen LogP contribution in [0.5, 0.6) is 0 Å². The SMILES string of the molecule is CCCNC(C)C1CCCN(Cc2cc(F)ccc2C)C1. The van der Waals surface area contributed by atoms with Gasteiger partial charge in [0, 0.05) is 19.1 Å². The number of hydrogen-bond donors (Lipinski definition) is 1. The van der Waals surface area contributed by atoms with E-state index < -0.39 is 0 Å². The first kappa shape index (κ1) is 16.4. The average molecular weight is 292 g/mol. The Morgan fingerprint density at radius 1 is 1.43 bits per heavy atom. The van der Waals surface area contributed by atoms with Crippen LogP contribution in [-0.4, -0.2) is 30.6 Å². The van der Waals surface area contributed by atoms with Crippen LogP contribution in [0.2, 0.25) is 0 Å². The fraction of sp³-hybridized carbons (Fsp3) is 0.667.